The summed E-state index contributed by atoms with van der Waals surface area (Å²) in [5.74, 6) is 0. The predicted octanol–water partition coefficient (Wildman–Crippen LogP) is 11.1. The van der Waals surface area contributed by atoms with Gasteiger partial charge in [-0.3, -0.25) is 9.97 Å². The van der Waals surface area contributed by atoms with Crippen LogP contribution >= 0.6 is 7.14 Å². The fourth-order valence-corrected chi connectivity index (χ4v) is 11.1. The van der Waals surface area contributed by atoms with Gasteiger partial charge >= 0.3 is 0 Å². The van der Waals surface area contributed by atoms with Crippen molar-refractivity contribution >= 4 is 66.4 Å². The summed E-state index contributed by atoms with van der Waals surface area (Å²) in [6, 6.07) is 54.6. The molecule has 0 N–H and O–H groups in total. The van der Waals surface area contributed by atoms with Gasteiger partial charge in [-0.2, -0.15) is 0 Å². The first-order valence-electron chi connectivity index (χ1n) is 18.7. The van der Waals surface area contributed by atoms with Crippen molar-refractivity contribution in [3.05, 3.63) is 187 Å². The number of aryl methyl sites for hydroxylation is 2. The lowest BCUT2D eigenvalue weighted by Crippen LogP contribution is -2.25. The first kappa shape index (κ1) is 33.7. The van der Waals surface area contributed by atoms with Crippen LogP contribution in [0.2, 0.25) is 0 Å². The highest BCUT2D eigenvalue weighted by molar-refractivity contribution is 7.85. The first-order chi connectivity index (χ1) is 27.5. The van der Waals surface area contributed by atoms with E-state index in [1.165, 1.54) is 0 Å². The normalized spacial score (nSPS) is 11.8. The third-order valence-corrected chi connectivity index (χ3v) is 14.0. The number of aromatic nitrogens is 4. The number of nitrogens with zero attached hydrogens (tertiary/aromatic N) is 4. The van der Waals surface area contributed by atoms with E-state index in [1.54, 1.807) is 0 Å². The number of para-hydroxylation sites is 1. The SMILES string of the molecule is Cc1c2c(-c3ccccn3)nc3cc(-c4cccc(P(=O)(c5ccccc5)c5ccccc5)c4)ccc3c2c(C)c2c(-c3ccccn3)nc3ccccc3c12. The van der Waals surface area contributed by atoms with Crippen LogP contribution in [0, 0.1) is 13.8 Å². The molecule has 5 nitrogen and oxygen atoms in total. The molecular weight excluding hydrogens is 704 g/mol. The summed E-state index contributed by atoms with van der Waals surface area (Å²) in [6.07, 6.45) is 3.66. The largest absolute Gasteiger partial charge is 0.309 e. The van der Waals surface area contributed by atoms with Crippen LogP contribution in [0.4, 0.5) is 0 Å². The number of hydrogen-bond acceptors (Lipinski definition) is 5. The minimum Gasteiger partial charge on any atom is -0.309 e. The second-order valence-corrected chi connectivity index (χ2v) is 16.9. The summed E-state index contributed by atoms with van der Waals surface area (Å²) in [5, 5.41) is 8.96. The number of hydrogen-bond donors (Lipinski definition) is 0. The van der Waals surface area contributed by atoms with E-state index in [-0.39, 0.29) is 0 Å². The van der Waals surface area contributed by atoms with E-state index < -0.39 is 7.14 Å². The smallest absolute Gasteiger partial charge is 0.171 e. The molecule has 0 aliphatic heterocycles. The van der Waals surface area contributed by atoms with E-state index in [9.17, 15) is 0 Å². The maximum Gasteiger partial charge on any atom is 0.171 e. The lowest BCUT2D eigenvalue weighted by Gasteiger charge is -2.21. The van der Waals surface area contributed by atoms with Gasteiger partial charge in [0, 0.05) is 49.9 Å². The van der Waals surface area contributed by atoms with Crippen LogP contribution in [0.25, 0.3) is 77.3 Å². The second kappa shape index (κ2) is 13.5. The maximum absolute atomic E-state index is 15.3. The fraction of sp³-hybridized carbons (Fsp3) is 0.0400. The Bertz CT molecular complexity index is 3130. The molecule has 0 aliphatic carbocycles. The molecular formula is C50H35N4OP. The summed E-state index contributed by atoms with van der Waals surface area (Å²) in [5.41, 5.74) is 9.31. The van der Waals surface area contributed by atoms with E-state index in [1.807, 2.05) is 128 Å². The summed E-state index contributed by atoms with van der Waals surface area (Å²) >= 11 is 0. The Morgan fingerprint density at radius 1 is 0.411 bits per heavy atom. The van der Waals surface area contributed by atoms with Gasteiger partial charge in [0.15, 0.2) is 7.14 Å². The first-order valence-corrected chi connectivity index (χ1v) is 20.5. The van der Waals surface area contributed by atoms with Crippen LogP contribution in [0.1, 0.15) is 11.1 Å². The van der Waals surface area contributed by atoms with Crippen molar-refractivity contribution in [2.75, 3.05) is 0 Å². The van der Waals surface area contributed by atoms with E-state index in [0.29, 0.717) is 0 Å². The van der Waals surface area contributed by atoms with Crippen molar-refractivity contribution in [3.8, 4) is 33.9 Å². The average molecular weight is 739 g/mol. The van der Waals surface area contributed by atoms with Crippen molar-refractivity contribution in [2.45, 2.75) is 13.8 Å². The zero-order valence-corrected chi connectivity index (χ0v) is 31.8. The highest BCUT2D eigenvalue weighted by atomic mass is 31.2. The van der Waals surface area contributed by atoms with Gasteiger partial charge < -0.3 is 4.57 Å². The fourth-order valence-electron chi connectivity index (χ4n) is 8.40. The minimum atomic E-state index is -3.17. The molecule has 0 radical (unpaired) electrons. The lowest BCUT2D eigenvalue weighted by atomic mass is 9.86. The Kier molecular flexibility index (Phi) is 8.13. The van der Waals surface area contributed by atoms with Crippen molar-refractivity contribution < 1.29 is 4.57 Å². The van der Waals surface area contributed by atoms with Crippen molar-refractivity contribution in [2.24, 2.45) is 0 Å². The molecule has 6 aromatic carbocycles. The number of pyridine rings is 4. The molecule has 10 aromatic rings. The van der Waals surface area contributed by atoms with Gasteiger partial charge in [0.25, 0.3) is 0 Å². The van der Waals surface area contributed by atoms with Gasteiger partial charge in [-0.25, -0.2) is 9.97 Å². The van der Waals surface area contributed by atoms with Gasteiger partial charge in [-0.1, -0.05) is 121 Å². The molecule has 4 heterocycles. The van der Waals surface area contributed by atoms with Gasteiger partial charge in [0.2, 0.25) is 0 Å². The van der Waals surface area contributed by atoms with Crippen molar-refractivity contribution in [3.63, 3.8) is 0 Å². The molecule has 10 rings (SSSR count). The van der Waals surface area contributed by atoms with Crippen LogP contribution in [0.5, 0.6) is 0 Å². The lowest BCUT2D eigenvalue weighted by molar-refractivity contribution is 0.592. The van der Waals surface area contributed by atoms with Crippen LogP contribution in [0.3, 0.4) is 0 Å². The van der Waals surface area contributed by atoms with Gasteiger partial charge in [-0.15, -0.1) is 0 Å². The zero-order chi connectivity index (χ0) is 37.8. The molecule has 0 saturated heterocycles. The molecule has 0 aliphatic rings. The third-order valence-electron chi connectivity index (χ3n) is 11.0. The van der Waals surface area contributed by atoms with Crippen molar-refractivity contribution in [1.82, 2.24) is 19.9 Å². The number of benzene rings is 6. The summed E-state index contributed by atoms with van der Waals surface area (Å²) in [7, 11) is -3.17. The standard InChI is InChI=1S/C50H35N4OP/c1-32-45-39-22-9-10-23-41(39)53-49(42-24-11-13-28-51-42)47(45)33(2)46-40-27-26-35(31-44(40)54-50(48(32)46)43-25-12-14-29-52-43)34-16-15-21-38(30-34)56(55,36-17-5-3-6-18-36)37-19-7-4-8-20-37/h3-31H,1-2H3. The van der Waals surface area contributed by atoms with Gasteiger partial charge in [0.1, 0.15) is 0 Å². The van der Waals surface area contributed by atoms with Crippen molar-refractivity contribution in [1.29, 1.82) is 0 Å². The quantitative estimate of drug-likeness (QED) is 0.0965. The van der Waals surface area contributed by atoms with Gasteiger partial charge in [0.05, 0.1) is 33.8 Å². The third kappa shape index (κ3) is 5.35. The maximum atomic E-state index is 15.3. The molecule has 0 saturated carbocycles. The summed E-state index contributed by atoms with van der Waals surface area (Å²) in [6.45, 7) is 4.41. The monoisotopic (exact) mass is 738 g/mol. The van der Waals surface area contributed by atoms with Crippen LogP contribution in [0.15, 0.2) is 176 Å². The molecule has 4 aromatic heterocycles. The Hall–Kier alpha value is -6.81. The van der Waals surface area contributed by atoms with E-state index >= 15 is 4.57 Å². The average Bonchev–Trinajstić information content (AvgIpc) is 3.27. The Balaban J connectivity index is 1.26. The van der Waals surface area contributed by atoms with E-state index in [2.05, 4.69) is 62.4 Å². The molecule has 0 fully saturated rings. The molecule has 0 bridgehead atoms. The number of rotatable bonds is 6. The predicted molar refractivity (Wildman–Crippen MR) is 233 cm³/mol. The molecule has 0 amide bonds. The minimum absolute atomic E-state index is 0.785. The second-order valence-electron chi connectivity index (χ2n) is 14.2. The number of fused-ring (bicyclic) bond motifs is 6. The topological polar surface area (TPSA) is 68.6 Å². The molecule has 6 heteroatoms. The zero-order valence-electron chi connectivity index (χ0n) is 30.9. The Labute approximate surface area is 324 Å². The van der Waals surface area contributed by atoms with E-state index in [4.69, 9.17) is 19.9 Å². The summed E-state index contributed by atoms with van der Waals surface area (Å²) < 4.78 is 15.3. The highest BCUT2D eigenvalue weighted by Gasteiger charge is 2.30. The van der Waals surface area contributed by atoms with Crippen LogP contribution < -0.4 is 15.9 Å². The Morgan fingerprint density at radius 3 is 1.50 bits per heavy atom. The molecule has 56 heavy (non-hydrogen) atoms. The van der Waals surface area contributed by atoms with E-state index in [0.717, 1.165) is 104 Å². The Morgan fingerprint density at radius 2 is 0.911 bits per heavy atom. The van der Waals surface area contributed by atoms with Crippen LogP contribution in [-0.2, 0) is 4.57 Å². The highest BCUT2D eigenvalue weighted by Crippen LogP contribution is 2.46. The molecule has 266 valence electrons. The molecule has 0 spiro atoms. The molecule has 0 atom stereocenters. The summed E-state index contributed by atoms with van der Waals surface area (Å²) in [4.78, 5) is 20.3. The molecule has 0 unspecified atom stereocenters. The van der Waals surface area contributed by atoms with Gasteiger partial charge in [-0.05, 0) is 89.3 Å². The van der Waals surface area contributed by atoms with Crippen LogP contribution in [-0.4, -0.2) is 19.9 Å².